The van der Waals surface area contributed by atoms with Gasteiger partial charge in [-0.25, -0.2) is 0 Å². The fourth-order valence-corrected chi connectivity index (χ4v) is 1.97. The van der Waals surface area contributed by atoms with Gasteiger partial charge in [0.25, 0.3) is 0 Å². The summed E-state index contributed by atoms with van der Waals surface area (Å²) in [5, 5.41) is 21.6. The van der Waals surface area contributed by atoms with E-state index in [1.54, 1.807) is 6.07 Å². The summed E-state index contributed by atoms with van der Waals surface area (Å²) < 4.78 is 16.3. The molecule has 6 heteroatoms. The molecule has 1 aromatic carbocycles. The number of benzene rings is 1. The van der Waals surface area contributed by atoms with Crippen LogP contribution in [0.4, 0.5) is 0 Å². The second kappa shape index (κ2) is 7.49. The number of hydrogen-bond donors (Lipinski definition) is 3. The van der Waals surface area contributed by atoms with Crippen molar-refractivity contribution >= 4 is 0 Å². The summed E-state index contributed by atoms with van der Waals surface area (Å²) in [6.07, 6.45) is -0.896. The highest BCUT2D eigenvalue weighted by atomic mass is 16.7. The summed E-state index contributed by atoms with van der Waals surface area (Å²) >= 11 is 0. The number of fused-ring (bicyclic) bond motifs is 1. The van der Waals surface area contributed by atoms with Gasteiger partial charge in [0.05, 0.1) is 6.61 Å². The van der Waals surface area contributed by atoms with Crippen molar-refractivity contribution in [1.82, 2.24) is 5.32 Å². The van der Waals surface area contributed by atoms with E-state index in [9.17, 15) is 5.11 Å². The van der Waals surface area contributed by atoms with Gasteiger partial charge in [-0.2, -0.15) is 0 Å². The van der Waals surface area contributed by atoms with Crippen LogP contribution in [0.2, 0.25) is 0 Å². The second-order valence-electron chi connectivity index (χ2n) is 5.49. The first kappa shape index (κ1) is 15.9. The predicted octanol–water partition coefficient (Wildman–Crippen LogP) is 0.893. The lowest BCUT2D eigenvalue weighted by Gasteiger charge is -2.15. The minimum Gasteiger partial charge on any atom is -0.490 e. The molecule has 2 rings (SSSR count). The molecule has 0 saturated carbocycles. The molecule has 0 saturated heterocycles. The van der Waals surface area contributed by atoms with E-state index >= 15 is 0 Å². The Kier molecular flexibility index (Phi) is 5.67. The van der Waals surface area contributed by atoms with E-state index < -0.39 is 6.10 Å². The van der Waals surface area contributed by atoms with Gasteiger partial charge in [0.1, 0.15) is 18.5 Å². The van der Waals surface area contributed by atoms with Crippen molar-refractivity contribution in [3.63, 3.8) is 0 Å². The van der Waals surface area contributed by atoms with Crippen molar-refractivity contribution in [3.05, 3.63) is 17.7 Å². The van der Waals surface area contributed by atoms with Crippen LogP contribution in [0.1, 0.15) is 19.4 Å². The smallest absolute Gasteiger partial charge is 0.231 e. The third-order valence-electron chi connectivity index (χ3n) is 3.07. The highest BCUT2D eigenvalue weighted by Gasteiger charge is 2.18. The highest BCUT2D eigenvalue weighted by molar-refractivity contribution is 5.51. The zero-order chi connectivity index (χ0) is 15.2. The van der Waals surface area contributed by atoms with E-state index in [4.69, 9.17) is 19.3 Å². The Bertz CT molecular complexity index is 464. The molecule has 0 bridgehead atoms. The van der Waals surface area contributed by atoms with E-state index in [-0.39, 0.29) is 20.0 Å². The largest absolute Gasteiger partial charge is 0.490 e. The zero-order valence-corrected chi connectivity index (χ0v) is 12.5. The normalized spacial score (nSPS) is 14.5. The van der Waals surface area contributed by atoms with Crippen molar-refractivity contribution < 1.29 is 24.4 Å². The summed E-state index contributed by atoms with van der Waals surface area (Å²) in [7, 11) is 0. The molecule has 0 aromatic heterocycles. The molecule has 0 fully saturated rings. The predicted molar refractivity (Wildman–Crippen MR) is 77.7 cm³/mol. The van der Waals surface area contributed by atoms with E-state index in [2.05, 4.69) is 19.2 Å². The molecule has 1 unspecified atom stereocenters. The Morgan fingerprint density at radius 2 is 2.00 bits per heavy atom. The van der Waals surface area contributed by atoms with Crippen molar-refractivity contribution in [3.8, 4) is 17.2 Å². The van der Waals surface area contributed by atoms with E-state index in [0.717, 1.165) is 12.1 Å². The van der Waals surface area contributed by atoms with Crippen molar-refractivity contribution in [2.24, 2.45) is 5.92 Å². The molecule has 1 aromatic rings. The van der Waals surface area contributed by atoms with Gasteiger partial charge < -0.3 is 29.7 Å². The van der Waals surface area contributed by atoms with Gasteiger partial charge in [-0.3, -0.25) is 0 Å². The van der Waals surface area contributed by atoms with Crippen LogP contribution in [0.5, 0.6) is 17.2 Å². The molecular formula is C15H23NO5. The Hall–Kier alpha value is -1.50. The van der Waals surface area contributed by atoms with Gasteiger partial charge in [0.15, 0.2) is 11.5 Å². The molecule has 1 atom stereocenters. The lowest BCUT2D eigenvalue weighted by molar-refractivity contribution is 0.0532. The first-order valence-corrected chi connectivity index (χ1v) is 7.15. The number of aliphatic hydroxyl groups is 2. The van der Waals surface area contributed by atoms with Crippen LogP contribution in [-0.2, 0) is 6.54 Å². The molecule has 3 N–H and O–H groups in total. The molecule has 0 radical (unpaired) electrons. The van der Waals surface area contributed by atoms with Crippen LogP contribution in [-0.4, -0.2) is 42.9 Å². The Morgan fingerprint density at radius 3 is 2.67 bits per heavy atom. The first-order chi connectivity index (χ1) is 10.1. The molecule has 118 valence electrons. The molecule has 21 heavy (non-hydrogen) atoms. The summed E-state index contributed by atoms with van der Waals surface area (Å²) in [5.74, 6) is 2.52. The lowest BCUT2D eigenvalue weighted by Crippen LogP contribution is -2.23. The quantitative estimate of drug-likeness (QED) is 0.661. The number of hydrogen-bond acceptors (Lipinski definition) is 6. The van der Waals surface area contributed by atoms with Crippen LogP contribution >= 0.6 is 0 Å². The van der Waals surface area contributed by atoms with Gasteiger partial charge in [0, 0.05) is 18.2 Å². The van der Waals surface area contributed by atoms with E-state index in [1.807, 2.05) is 6.07 Å². The topological polar surface area (TPSA) is 80.2 Å². The average Bonchev–Trinajstić information content (AvgIpc) is 2.91. The molecule has 0 aliphatic carbocycles. The fourth-order valence-electron chi connectivity index (χ4n) is 1.97. The number of rotatable bonds is 8. The van der Waals surface area contributed by atoms with E-state index in [0.29, 0.717) is 29.7 Å². The fraction of sp³-hybridized carbons (Fsp3) is 0.600. The van der Waals surface area contributed by atoms with Gasteiger partial charge in [-0.1, -0.05) is 13.8 Å². The van der Waals surface area contributed by atoms with Crippen LogP contribution < -0.4 is 19.5 Å². The number of aliphatic hydroxyl groups excluding tert-OH is 2. The van der Waals surface area contributed by atoms with Crippen LogP contribution in [0.15, 0.2) is 12.1 Å². The lowest BCUT2D eigenvalue weighted by atomic mass is 10.1. The molecule has 0 amide bonds. The maximum Gasteiger partial charge on any atom is 0.231 e. The van der Waals surface area contributed by atoms with Gasteiger partial charge >= 0.3 is 0 Å². The molecular weight excluding hydrogens is 274 g/mol. The minimum atomic E-state index is -0.896. The Labute approximate surface area is 124 Å². The molecule has 1 aliphatic rings. The average molecular weight is 297 g/mol. The first-order valence-electron chi connectivity index (χ1n) is 7.15. The van der Waals surface area contributed by atoms with Crippen molar-refractivity contribution in [2.45, 2.75) is 26.5 Å². The summed E-state index contributed by atoms with van der Waals surface area (Å²) in [6.45, 7) is 5.73. The number of ether oxygens (including phenoxy) is 3. The molecule has 6 nitrogen and oxygen atoms in total. The van der Waals surface area contributed by atoms with Crippen LogP contribution in [0.3, 0.4) is 0 Å². The Balaban J connectivity index is 2.07. The van der Waals surface area contributed by atoms with Crippen molar-refractivity contribution in [1.29, 1.82) is 0 Å². The molecule has 0 spiro atoms. The van der Waals surface area contributed by atoms with Gasteiger partial charge in [-0.05, 0) is 18.5 Å². The summed E-state index contributed by atoms with van der Waals surface area (Å²) in [6, 6.07) is 3.65. The maximum absolute atomic E-state index is 9.41. The summed E-state index contributed by atoms with van der Waals surface area (Å²) in [4.78, 5) is 0. The standard InChI is InChI=1S/C15H23NO5/c1-10(2)5-16-6-11-3-14-15(21-9-20-14)4-13(11)19-8-12(18)7-17/h3-4,10,12,16-18H,5-9H2,1-2H3. The third kappa shape index (κ3) is 4.49. The molecule has 1 aliphatic heterocycles. The van der Waals surface area contributed by atoms with Gasteiger partial charge in [-0.15, -0.1) is 0 Å². The van der Waals surface area contributed by atoms with Gasteiger partial charge in [0.2, 0.25) is 6.79 Å². The second-order valence-corrected chi connectivity index (χ2v) is 5.49. The number of nitrogens with one attached hydrogen (secondary N) is 1. The third-order valence-corrected chi connectivity index (χ3v) is 3.07. The highest BCUT2D eigenvalue weighted by Crippen LogP contribution is 2.38. The minimum absolute atomic E-state index is 0.0350. The van der Waals surface area contributed by atoms with Crippen molar-refractivity contribution in [2.75, 3.05) is 26.6 Å². The zero-order valence-electron chi connectivity index (χ0n) is 12.5. The molecule has 1 heterocycles. The van der Waals surface area contributed by atoms with E-state index in [1.165, 1.54) is 0 Å². The monoisotopic (exact) mass is 297 g/mol. The van der Waals surface area contributed by atoms with Crippen LogP contribution in [0.25, 0.3) is 0 Å². The SMILES string of the molecule is CC(C)CNCc1cc2c(cc1OCC(O)CO)OCO2. The Morgan fingerprint density at radius 1 is 1.29 bits per heavy atom. The maximum atomic E-state index is 9.41. The van der Waals surface area contributed by atoms with Crippen LogP contribution in [0, 0.1) is 5.92 Å². The summed E-state index contributed by atoms with van der Waals surface area (Å²) in [5.41, 5.74) is 0.935.